The Bertz CT molecular complexity index is 449. The van der Waals surface area contributed by atoms with Crippen molar-refractivity contribution in [1.29, 1.82) is 0 Å². The molecule has 0 unspecified atom stereocenters. The summed E-state index contributed by atoms with van der Waals surface area (Å²) in [6, 6.07) is 0. The monoisotopic (exact) mass is 293 g/mol. The summed E-state index contributed by atoms with van der Waals surface area (Å²) in [5.41, 5.74) is 5.78. The lowest BCUT2D eigenvalue weighted by Crippen LogP contribution is -2.31. The Balaban J connectivity index is 1.98. The van der Waals surface area contributed by atoms with Gasteiger partial charge in [-0.25, -0.2) is 0 Å². The highest BCUT2D eigenvalue weighted by Crippen LogP contribution is 2.10. The van der Waals surface area contributed by atoms with Crippen LogP contribution in [0.5, 0.6) is 0 Å². The van der Waals surface area contributed by atoms with E-state index in [2.05, 4.69) is 31.7 Å². The quantitative estimate of drug-likeness (QED) is 0.844. The molecule has 2 N–H and O–H groups in total. The summed E-state index contributed by atoms with van der Waals surface area (Å²) in [7, 11) is 3.82. The molecule has 1 aliphatic heterocycles. The number of nitrogen functional groups attached to an aromatic ring is 1. The van der Waals surface area contributed by atoms with Crippen molar-refractivity contribution in [2.75, 3.05) is 57.5 Å². The van der Waals surface area contributed by atoms with Gasteiger partial charge in [0.2, 0.25) is 11.9 Å². The predicted molar refractivity (Wildman–Crippen MR) is 85.2 cm³/mol. The average Bonchev–Trinajstić information content (AvgIpc) is 2.64. The Morgan fingerprint density at radius 2 is 1.76 bits per heavy atom. The molecule has 1 saturated heterocycles. The van der Waals surface area contributed by atoms with Crippen molar-refractivity contribution in [3.8, 4) is 0 Å². The van der Waals surface area contributed by atoms with Gasteiger partial charge in [-0.3, -0.25) is 4.90 Å². The van der Waals surface area contributed by atoms with Crippen LogP contribution in [0, 0.1) is 0 Å². The van der Waals surface area contributed by atoms with Crippen LogP contribution in [0.2, 0.25) is 0 Å². The zero-order valence-electron chi connectivity index (χ0n) is 13.4. The van der Waals surface area contributed by atoms with E-state index in [1.807, 2.05) is 19.0 Å². The summed E-state index contributed by atoms with van der Waals surface area (Å²) < 4.78 is 0. The van der Waals surface area contributed by atoms with Gasteiger partial charge >= 0.3 is 0 Å². The first-order chi connectivity index (χ1) is 10.1. The van der Waals surface area contributed by atoms with Gasteiger partial charge in [0.15, 0.2) is 0 Å². The van der Waals surface area contributed by atoms with Gasteiger partial charge in [-0.05, 0) is 32.5 Å². The lowest BCUT2D eigenvalue weighted by molar-refractivity contribution is 0.248. The van der Waals surface area contributed by atoms with Crippen molar-refractivity contribution in [3.05, 3.63) is 5.82 Å². The van der Waals surface area contributed by atoms with Gasteiger partial charge in [-0.15, -0.1) is 0 Å². The third kappa shape index (κ3) is 4.78. The van der Waals surface area contributed by atoms with Gasteiger partial charge in [0.1, 0.15) is 5.82 Å². The molecule has 2 rings (SSSR count). The Morgan fingerprint density at radius 1 is 1.05 bits per heavy atom. The topological polar surface area (TPSA) is 74.4 Å². The molecule has 0 aliphatic carbocycles. The largest absolute Gasteiger partial charge is 0.368 e. The van der Waals surface area contributed by atoms with E-state index in [0.717, 1.165) is 32.0 Å². The molecule has 0 radical (unpaired) electrons. The Kier molecular flexibility index (Phi) is 5.69. The third-order valence-corrected chi connectivity index (χ3v) is 3.67. The van der Waals surface area contributed by atoms with Gasteiger partial charge < -0.3 is 15.5 Å². The van der Waals surface area contributed by atoms with E-state index in [4.69, 9.17) is 5.73 Å². The van der Waals surface area contributed by atoms with Crippen LogP contribution in [0.3, 0.4) is 0 Å². The maximum absolute atomic E-state index is 5.78. The first-order valence-corrected chi connectivity index (χ1v) is 7.71. The normalized spacial score (nSPS) is 17.7. The van der Waals surface area contributed by atoms with Gasteiger partial charge in [0.25, 0.3) is 0 Å². The van der Waals surface area contributed by atoms with Gasteiger partial charge in [0.05, 0.1) is 6.54 Å². The lowest BCUT2D eigenvalue weighted by Gasteiger charge is -2.21. The molecule has 1 fully saturated rings. The molecule has 1 aromatic rings. The van der Waals surface area contributed by atoms with E-state index < -0.39 is 0 Å². The number of aromatic nitrogens is 3. The molecule has 21 heavy (non-hydrogen) atoms. The number of rotatable bonds is 5. The second kappa shape index (κ2) is 7.51. The molecule has 2 heterocycles. The fraction of sp³-hybridized carbons (Fsp3) is 0.786. The van der Waals surface area contributed by atoms with Crippen LogP contribution >= 0.6 is 0 Å². The first-order valence-electron chi connectivity index (χ1n) is 7.71. The highest BCUT2D eigenvalue weighted by molar-refractivity contribution is 5.32. The number of hydrogen-bond donors (Lipinski definition) is 1. The van der Waals surface area contributed by atoms with Crippen LogP contribution in [0.4, 0.5) is 11.9 Å². The van der Waals surface area contributed by atoms with Gasteiger partial charge in [-0.2, -0.15) is 15.0 Å². The summed E-state index contributed by atoms with van der Waals surface area (Å²) in [6.45, 7) is 8.62. The minimum absolute atomic E-state index is 0.297. The number of nitrogens with zero attached hydrogens (tertiary/aromatic N) is 6. The molecule has 1 aliphatic rings. The van der Waals surface area contributed by atoms with Crippen LogP contribution in [0.1, 0.15) is 25.6 Å². The summed E-state index contributed by atoms with van der Waals surface area (Å²) in [6.07, 6.45) is 2.41. The van der Waals surface area contributed by atoms with E-state index in [0.29, 0.717) is 11.9 Å². The van der Waals surface area contributed by atoms with E-state index in [9.17, 15) is 0 Å². The van der Waals surface area contributed by atoms with Crippen molar-refractivity contribution in [3.63, 3.8) is 0 Å². The van der Waals surface area contributed by atoms with Crippen molar-refractivity contribution in [2.45, 2.75) is 26.3 Å². The van der Waals surface area contributed by atoms with Crippen LogP contribution in [-0.4, -0.2) is 71.6 Å². The molecule has 0 spiro atoms. The molecule has 118 valence electrons. The summed E-state index contributed by atoms with van der Waals surface area (Å²) in [5.74, 6) is 1.68. The van der Waals surface area contributed by atoms with Gasteiger partial charge in [0, 0.05) is 27.2 Å². The molecular weight excluding hydrogens is 266 g/mol. The molecule has 7 nitrogen and oxygen atoms in total. The van der Waals surface area contributed by atoms with Crippen molar-refractivity contribution >= 4 is 11.9 Å². The summed E-state index contributed by atoms with van der Waals surface area (Å²) in [5, 5.41) is 0. The number of nitrogens with two attached hydrogens (primary N) is 1. The maximum Gasteiger partial charge on any atom is 0.229 e. The van der Waals surface area contributed by atoms with E-state index >= 15 is 0 Å². The Hall–Kier alpha value is -1.47. The average molecular weight is 293 g/mol. The van der Waals surface area contributed by atoms with E-state index in [1.54, 1.807) is 0 Å². The van der Waals surface area contributed by atoms with Crippen LogP contribution in [-0.2, 0) is 6.54 Å². The third-order valence-electron chi connectivity index (χ3n) is 3.67. The standard InChI is InChI=1S/C14H27N7/c1-4-6-20-7-5-8-21(10-9-20)11-12-16-13(15)18-14(17-12)19(2)3/h4-11H2,1-3H3,(H2,15,16,17,18). The molecule has 0 amide bonds. The van der Waals surface area contributed by atoms with Crippen molar-refractivity contribution in [1.82, 2.24) is 24.8 Å². The minimum Gasteiger partial charge on any atom is -0.368 e. The van der Waals surface area contributed by atoms with E-state index in [1.165, 1.54) is 25.9 Å². The number of anilines is 2. The lowest BCUT2D eigenvalue weighted by atomic mass is 10.3. The molecule has 0 bridgehead atoms. The van der Waals surface area contributed by atoms with E-state index in [-0.39, 0.29) is 0 Å². The molecular formula is C14H27N7. The fourth-order valence-electron chi connectivity index (χ4n) is 2.62. The minimum atomic E-state index is 0.297. The molecule has 1 aromatic heterocycles. The molecule has 7 heteroatoms. The first kappa shape index (κ1) is 15.9. The molecule has 0 saturated carbocycles. The maximum atomic E-state index is 5.78. The summed E-state index contributed by atoms with van der Waals surface area (Å²) in [4.78, 5) is 19.7. The molecule has 0 aromatic carbocycles. The Labute approximate surface area is 127 Å². The van der Waals surface area contributed by atoms with Gasteiger partial charge in [-0.1, -0.05) is 6.92 Å². The van der Waals surface area contributed by atoms with Crippen molar-refractivity contribution in [2.24, 2.45) is 0 Å². The zero-order valence-corrected chi connectivity index (χ0v) is 13.4. The Morgan fingerprint density at radius 3 is 2.48 bits per heavy atom. The van der Waals surface area contributed by atoms with Crippen LogP contribution < -0.4 is 10.6 Å². The number of hydrogen-bond acceptors (Lipinski definition) is 7. The highest BCUT2D eigenvalue weighted by atomic mass is 15.3. The van der Waals surface area contributed by atoms with Crippen LogP contribution in [0.25, 0.3) is 0 Å². The highest BCUT2D eigenvalue weighted by Gasteiger charge is 2.16. The summed E-state index contributed by atoms with van der Waals surface area (Å²) >= 11 is 0. The fourth-order valence-corrected chi connectivity index (χ4v) is 2.62. The SMILES string of the molecule is CCCN1CCCN(Cc2nc(N)nc(N(C)C)n2)CC1. The zero-order chi connectivity index (χ0) is 15.2. The predicted octanol–water partition coefficient (Wildman–Crippen LogP) is 0.438. The van der Waals surface area contributed by atoms with Crippen LogP contribution in [0.15, 0.2) is 0 Å². The molecule has 0 atom stereocenters. The second-order valence-corrected chi connectivity index (χ2v) is 5.78. The smallest absolute Gasteiger partial charge is 0.229 e. The second-order valence-electron chi connectivity index (χ2n) is 5.78. The van der Waals surface area contributed by atoms with Crippen molar-refractivity contribution < 1.29 is 0 Å².